The lowest BCUT2D eigenvalue weighted by Crippen LogP contribution is -2.46. The van der Waals surface area contributed by atoms with Gasteiger partial charge in [0.25, 0.3) is 0 Å². The molecule has 1 aliphatic heterocycles. The molecule has 0 spiro atoms. The van der Waals surface area contributed by atoms with Crippen molar-refractivity contribution in [3.8, 4) is 0 Å². The highest BCUT2D eigenvalue weighted by atomic mass is 16.7. The van der Waals surface area contributed by atoms with Gasteiger partial charge >= 0.3 is 0 Å². The third kappa shape index (κ3) is 2.55. The fraction of sp³-hybridized carbons (Fsp3) is 1.00. The molecule has 0 aromatic carbocycles. The Morgan fingerprint density at radius 3 is 2.69 bits per heavy atom. The predicted molar refractivity (Wildman–Crippen MR) is 57.4 cm³/mol. The maximum atomic E-state index is 10.1. The topological polar surface area (TPSA) is 51.2 Å². The van der Waals surface area contributed by atoms with Gasteiger partial charge in [-0.15, -0.1) is 0 Å². The number of rotatable bonds is 5. The van der Waals surface area contributed by atoms with E-state index in [9.17, 15) is 5.11 Å². The zero-order chi connectivity index (χ0) is 11.6. The van der Waals surface area contributed by atoms with Crippen molar-refractivity contribution in [2.24, 2.45) is 0 Å². The molecule has 0 aromatic heterocycles. The molecule has 1 saturated heterocycles. The minimum atomic E-state index is -0.719. The van der Waals surface area contributed by atoms with Crippen molar-refractivity contribution in [1.82, 2.24) is 5.06 Å². The molecule has 1 saturated carbocycles. The van der Waals surface area contributed by atoms with Crippen LogP contribution in [0.5, 0.6) is 0 Å². The molecule has 2 fully saturated rings. The van der Waals surface area contributed by atoms with Gasteiger partial charge in [-0.05, 0) is 32.1 Å². The Morgan fingerprint density at radius 2 is 2.19 bits per heavy atom. The Bertz CT molecular complexity index is 226. The van der Waals surface area contributed by atoms with E-state index >= 15 is 0 Å². The fourth-order valence-corrected chi connectivity index (χ4v) is 2.06. The minimum absolute atomic E-state index is 0.156. The maximum Gasteiger partial charge on any atom is 0.158 e. The Hall–Kier alpha value is -0.200. The first-order valence-electron chi connectivity index (χ1n) is 5.92. The van der Waals surface area contributed by atoms with Crippen molar-refractivity contribution in [3.63, 3.8) is 0 Å². The summed E-state index contributed by atoms with van der Waals surface area (Å²) < 4.78 is 11.4. The standard InChI is InChI=1S/C11H21NO4/c1-12(14-2)10(13)11(6-7-11)16-9-5-3-4-8-15-9/h9-10,13H,3-8H2,1-2H3. The lowest BCUT2D eigenvalue weighted by atomic mass is 10.2. The van der Waals surface area contributed by atoms with Crippen molar-refractivity contribution >= 4 is 0 Å². The molecule has 2 atom stereocenters. The molecule has 16 heavy (non-hydrogen) atoms. The largest absolute Gasteiger partial charge is 0.373 e. The predicted octanol–water partition coefficient (Wildman–Crippen LogP) is 0.874. The number of ether oxygens (including phenoxy) is 2. The molecule has 5 heteroatoms. The summed E-state index contributed by atoms with van der Waals surface area (Å²) in [6, 6.07) is 0. The summed E-state index contributed by atoms with van der Waals surface area (Å²) >= 11 is 0. The van der Waals surface area contributed by atoms with E-state index in [0.717, 1.165) is 38.7 Å². The van der Waals surface area contributed by atoms with Gasteiger partial charge in [0.1, 0.15) is 5.60 Å². The van der Waals surface area contributed by atoms with Gasteiger partial charge in [0.05, 0.1) is 7.11 Å². The van der Waals surface area contributed by atoms with Crippen LogP contribution in [0.1, 0.15) is 32.1 Å². The van der Waals surface area contributed by atoms with E-state index in [4.69, 9.17) is 14.3 Å². The van der Waals surface area contributed by atoms with Gasteiger partial charge in [0.15, 0.2) is 12.5 Å². The van der Waals surface area contributed by atoms with E-state index in [0.29, 0.717) is 0 Å². The first-order valence-corrected chi connectivity index (χ1v) is 5.92. The molecule has 1 N–H and O–H groups in total. The highest BCUT2D eigenvalue weighted by Gasteiger charge is 2.54. The van der Waals surface area contributed by atoms with Crippen LogP contribution in [0.3, 0.4) is 0 Å². The molecule has 0 bridgehead atoms. The minimum Gasteiger partial charge on any atom is -0.373 e. The van der Waals surface area contributed by atoms with E-state index in [1.165, 1.54) is 12.2 Å². The summed E-state index contributed by atoms with van der Waals surface area (Å²) in [5.74, 6) is 0. The number of hydroxylamine groups is 2. The fourth-order valence-electron chi connectivity index (χ4n) is 2.06. The number of hydrogen-bond donors (Lipinski definition) is 1. The van der Waals surface area contributed by atoms with Crippen LogP contribution in [0.25, 0.3) is 0 Å². The van der Waals surface area contributed by atoms with Crippen LogP contribution >= 0.6 is 0 Å². The van der Waals surface area contributed by atoms with E-state index in [1.54, 1.807) is 7.05 Å². The van der Waals surface area contributed by atoms with Gasteiger partial charge in [-0.25, -0.2) is 0 Å². The summed E-state index contributed by atoms with van der Waals surface area (Å²) in [6.45, 7) is 0.761. The Morgan fingerprint density at radius 1 is 1.44 bits per heavy atom. The third-order valence-corrected chi connectivity index (χ3v) is 3.35. The van der Waals surface area contributed by atoms with E-state index in [1.807, 2.05) is 0 Å². The first-order chi connectivity index (χ1) is 7.68. The molecule has 0 radical (unpaired) electrons. The Labute approximate surface area is 96.2 Å². The molecule has 2 aliphatic rings. The summed E-state index contributed by atoms with van der Waals surface area (Å²) in [6.07, 6.45) is 4.01. The summed E-state index contributed by atoms with van der Waals surface area (Å²) in [5.41, 5.74) is -0.479. The number of aliphatic hydroxyl groups is 1. The smallest absolute Gasteiger partial charge is 0.158 e. The molecule has 2 rings (SSSR count). The van der Waals surface area contributed by atoms with Crippen LogP contribution in [-0.2, 0) is 14.3 Å². The van der Waals surface area contributed by atoms with Crippen molar-refractivity contribution in [2.75, 3.05) is 20.8 Å². The SMILES string of the molecule is CON(C)C(O)C1(OC2CCCCO2)CC1. The first kappa shape index (κ1) is 12.3. The van der Waals surface area contributed by atoms with Crippen molar-refractivity contribution in [2.45, 2.75) is 50.2 Å². The highest BCUT2D eigenvalue weighted by molar-refractivity contribution is 5.00. The van der Waals surface area contributed by atoms with E-state index in [2.05, 4.69) is 0 Å². The lowest BCUT2D eigenvalue weighted by Gasteiger charge is -2.33. The van der Waals surface area contributed by atoms with Crippen molar-refractivity contribution < 1.29 is 19.4 Å². The second-order valence-electron chi connectivity index (χ2n) is 4.58. The Kier molecular flexibility index (Phi) is 3.81. The van der Waals surface area contributed by atoms with Crippen molar-refractivity contribution in [1.29, 1.82) is 0 Å². The van der Waals surface area contributed by atoms with Gasteiger partial charge in [0, 0.05) is 13.7 Å². The lowest BCUT2D eigenvalue weighted by molar-refractivity contribution is -0.284. The molecule has 5 nitrogen and oxygen atoms in total. The van der Waals surface area contributed by atoms with Gasteiger partial charge in [-0.3, -0.25) is 4.84 Å². The molecular weight excluding hydrogens is 210 g/mol. The van der Waals surface area contributed by atoms with Crippen LogP contribution in [0.4, 0.5) is 0 Å². The van der Waals surface area contributed by atoms with E-state index in [-0.39, 0.29) is 6.29 Å². The van der Waals surface area contributed by atoms with Gasteiger partial charge < -0.3 is 14.6 Å². The van der Waals surface area contributed by atoms with Crippen LogP contribution < -0.4 is 0 Å². The summed E-state index contributed by atoms with van der Waals surface area (Å²) in [5, 5.41) is 11.5. The third-order valence-electron chi connectivity index (χ3n) is 3.35. The average molecular weight is 231 g/mol. The van der Waals surface area contributed by atoms with Crippen LogP contribution in [0.15, 0.2) is 0 Å². The Balaban J connectivity index is 1.87. The van der Waals surface area contributed by atoms with Crippen LogP contribution in [0.2, 0.25) is 0 Å². The molecule has 94 valence electrons. The summed E-state index contributed by atoms with van der Waals surface area (Å²) in [4.78, 5) is 4.99. The number of hydrogen-bond acceptors (Lipinski definition) is 5. The number of likely N-dealkylation sites (N-methyl/N-ethyl adjacent to an activating group) is 1. The van der Waals surface area contributed by atoms with Gasteiger partial charge in [0.2, 0.25) is 0 Å². The summed E-state index contributed by atoms with van der Waals surface area (Å²) in [7, 11) is 3.24. The molecule has 1 heterocycles. The van der Waals surface area contributed by atoms with Crippen LogP contribution in [-0.4, -0.2) is 49.1 Å². The molecule has 0 aromatic rings. The van der Waals surface area contributed by atoms with Gasteiger partial charge in [-0.2, -0.15) is 5.06 Å². The number of nitrogens with zero attached hydrogens (tertiary/aromatic N) is 1. The second-order valence-corrected chi connectivity index (χ2v) is 4.58. The quantitative estimate of drug-likeness (QED) is 0.562. The molecule has 0 amide bonds. The average Bonchev–Trinajstić information content (AvgIpc) is 3.09. The monoisotopic (exact) mass is 231 g/mol. The maximum absolute atomic E-state index is 10.1. The zero-order valence-electron chi connectivity index (χ0n) is 10.0. The zero-order valence-corrected chi connectivity index (χ0v) is 10.0. The molecular formula is C11H21NO4. The number of aliphatic hydroxyl groups excluding tert-OH is 1. The van der Waals surface area contributed by atoms with Crippen molar-refractivity contribution in [3.05, 3.63) is 0 Å². The normalized spacial score (nSPS) is 30.4. The highest BCUT2D eigenvalue weighted by Crippen LogP contribution is 2.45. The second kappa shape index (κ2) is 4.98. The van der Waals surface area contributed by atoms with E-state index < -0.39 is 11.8 Å². The van der Waals surface area contributed by atoms with Crippen LogP contribution in [0, 0.1) is 0 Å². The molecule has 1 aliphatic carbocycles. The van der Waals surface area contributed by atoms with Gasteiger partial charge in [-0.1, -0.05) is 0 Å². The molecule has 2 unspecified atom stereocenters.